The van der Waals surface area contributed by atoms with E-state index in [1.807, 2.05) is 24.3 Å². The average Bonchev–Trinajstić information content (AvgIpc) is 3.06. The van der Waals surface area contributed by atoms with Gasteiger partial charge in [0.25, 0.3) is 0 Å². The van der Waals surface area contributed by atoms with E-state index < -0.39 is 5.97 Å². The lowest BCUT2D eigenvalue weighted by Gasteiger charge is -2.18. The number of hydrogen-bond acceptors (Lipinski definition) is 4. The molecule has 1 N–H and O–H groups in total. The Hall–Kier alpha value is -3.02. The van der Waals surface area contributed by atoms with E-state index in [0.717, 1.165) is 11.4 Å². The molecule has 0 bridgehead atoms. The number of amides is 1. The first kappa shape index (κ1) is 19.7. The highest BCUT2D eigenvalue weighted by Gasteiger charge is 2.31. The fourth-order valence-corrected chi connectivity index (χ4v) is 3.04. The SMILES string of the molecule is CC(C)COc1ccc(N2CC(COc3ccc(C(=O)O)cc3)CC2=O)cc1. The first-order valence-electron chi connectivity index (χ1n) is 9.41. The Morgan fingerprint density at radius 2 is 1.68 bits per heavy atom. The van der Waals surface area contributed by atoms with Crippen LogP contribution in [-0.4, -0.2) is 36.7 Å². The smallest absolute Gasteiger partial charge is 0.335 e. The van der Waals surface area contributed by atoms with Gasteiger partial charge in [-0.3, -0.25) is 4.79 Å². The second-order valence-corrected chi connectivity index (χ2v) is 7.41. The Morgan fingerprint density at radius 1 is 1.07 bits per heavy atom. The molecule has 2 aromatic rings. The number of aromatic carboxylic acids is 1. The fourth-order valence-electron chi connectivity index (χ4n) is 3.04. The summed E-state index contributed by atoms with van der Waals surface area (Å²) in [5.74, 6) is 1.05. The van der Waals surface area contributed by atoms with Crippen molar-refractivity contribution in [3.05, 3.63) is 54.1 Å². The minimum atomic E-state index is -0.968. The zero-order valence-electron chi connectivity index (χ0n) is 16.1. The maximum absolute atomic E-state index is 12.4. The summed E-state index contributed by atoms with van der Waals surface area (Å²) in [6, 6.07) is 13.9. The van der Waals surface area contributed by atoms with Crippen LogP contribution in [0.15, 0.2) is 48.5 Å². The Labute approximate surface area is 164 Å². The highest BCUT2D eigenvalue weighted by atomic mass is 16.5. The van der Waals surface area contributed by atoms with Crippen LogP contribution in [0.25, 0.3) is 0 Å². The molecule has 1 amide bonds. The quantitative estimate of drug-likeness (QED) is 0.749. The molecule has 0 aromatic heterocycles. The van der Waals surface area contributed by atoms with Crippen LogP contribution in [0, 0.1) is 11.8 Å². The van der Waals surface area contributed by atoms with E-state index in [4.69, 9.17) is 14.6 Å². The normalized spacial score (nSPS) is 16.5. The zero-order valence-corrected chi connectivity index (χ0v) is 16.1. The molecule has 148 valence electrons. The third kappa shape index (κ3) is 5.03. The summed E-state index contributed by atoms with van der Waals surface area (Å²) >= 11 is 0. The van der Waals surface area contributed by atoms with Crippen molar-refractivity contribution in [2.45, 2.75) is 20.3 Å². The van der Waals surface area contributed by atoms with Crippen molar-refractivity contribution < 1.29 is 24.2 Å². The summed E-state index contributed by atoms with van der Waals surface area (Å²) in [5, 5.41) is 8.92. The molecule has 2 aromatic carbocycles. The highest BCUT2D eigenvalue weighted by molar-refractivity contribution is 5.95. The number of rotatable bonds is 8. The number of nitrogens with zero attached hydrogens (tertiary/aromatic N) is 1. The molecule has 6 heteroatoms. The summed E-state index contributed by atoms with van der Waals surface area (Å²) in [4.78, 5) is 25.0. The van der Waals surface area contributed by atoms with Gasteiger partial charge < -0.3 is 19.5 Å². The number of carboxylic acid groups (broad SMARTS) is 1. The predicted molar refractivity (Wildman–Crippen MR) is 106 cm³/mol. The van der Waals surface area contributed by atoms with Crippen molar-refractivity contribution in [3.63, 3.8) is 0 Å². The second kappa shape index (κ2) is 8.78. The monoisotopic (exact) mass is 383 g/mol. The van der Waals surface area contributed by atoms with Crippen LogP contribution in [0.5, 0.6) is 11.5 Å². The number of hydrogen-bond donors (Lipinski definition) is 1. The second-order valence-electron chi connectivity index (χ2n) is 7.41. The van der Waals surface area contributed by atoms with Gasteiger partial charge in [0, 0.05) is 24.6 Å². The largest absolute Gasteiger partial charge is 0.493 e. The van der Waals surface area contributed by atoms with E-state index in [1.165, 1.54) is 12.1 Å². The van der Waals surface area contributed by atoms with Gasteiger partial charge in [-0.05, 0) is 54.4 Å². The van der Waals surface area contributed by atoms with Gasteiger partial charge >= 0.3 is 5.97 Å². The number of ether oxygens (including phenoxy) is 2. The van der Waals surface area contributed by atoms with E-state index in [-0.39, 0.29) is 17.4 Å². The van der Waals surface area contributed by atoms with Crippen molar-refractivity contribution in [2.75, 3.05) is 24.7 Å². The summed E-state index contributed by atoms with van der Waals surface area (Å²) in [6.45, 7) is 5.86. The van der Waals surface area contributed by atoms with E-state index in [0.29, 0.717) is 37.8 Å². The standard InChI is InChI=1S/C22H25NO5/c1-15(2)13-27-20-9-5-18(6-10-20)23-12-16(11-21(23)24)14-28-19-7-3-17(4-8-19)22(25)26/h3-10,15-16H,11-14H2,1-2H3,(H,25,26). The highest BCUT2D eigenvalue weighted by Crippen LogP contribution is 2.27. The average molecular weight is 383 g/mol. The third-order valence-electron chi connectivity index (χ3n) is 4.52. The van der Waals surface area contributed by atoms with Crippen molar-refractivity contribution in [3.8, 4) is 11.5 Å². The molecule has 0 radical (unpaired) electrons. The van der Waals surface area contributed by atoms with E-state index >= 15 is 0 Å². The maximum atomic E-state index is 12.4. The molecule has 0 saturated carbocycles. The van der Waals surface area contributed by atoms with Crippen molar-refractivity contribution in [2.24, 2.45) is 11.8 Å². The van der Waals surface area contributed by atoms with Crippen LogP contribution in [0.2, 0.25) is 0 Å². The molecule has 28 heavy (non-hydrogen) atoms. The van der Waals surface area contributed by atoms with Crippen LogP contribution in [0.1, 0.15) is 30.6 Å². The summed E-state index contributed by atoms with van der Waals surface area (Å²) in [5.41, 5.74) is 1.07. The molecule has 1 saturated heterocycles. The lowest BCUT2D eigenvalue weighted by Crippen LogP contribution is -2.25. The molecule has 3 rings (SSSR count). The minimum absolute atomic E-state index is 0.0747. The maximum Gasteiger partial charge on any atom is 0.335 e. The zero-order chi connectivity index (χ0) is 20.1. The summed E-state index contributed by atoms with van der Waals surface area (Å²) in [7, 11) is 0. The lowest BCUT2D eigenvalue weighted by atomic mass is 10.1. The molecule has 1 atom stereocenters. The van der Waals surface area contributed by atoms with Gasteiger partial charge in [0.15, 0.2) is 0 Å². The van der Waals surface area contributed by atoms with Crippen LogP contribution < -0.4 is 14.4 Å². The molecular weight excluding hydrogens is 358 g/mol. The van der Waals surface area contributed by atoms with Crippen molar-refractivity contribution in [1.82, 2.24) is 0 Å². The molecule has 0 spiro atoms. The molecule has 1 fully saturated rings. The lowest BCUT2D eigenvalue weighted by molar-refractivity contribution is -0.117. The van der Waals surface area contributed by atoms with Crippen molar-refractivity contribution in [1.29, 1.82) is 0 Å². The Bertz CT molecular complexity index is 814. The molecule has 1 heterocycles. The molecule has 1 unspecified atom stereocenters. The third-order valence-corrected chi connectivity index (χ3v) is 4.52. The van der Waals surface area contributed by atoms with Crippen LogP contribution >= 0.6 is 0 Å². The van der Waals surface area contributed by atoms with E-state index in [2.05, 4.69) is 13.8 Å². The number of carbonyl (C=O) groups is 2. The van der Waals surface area contributed by atoms with Gasteiger partial charge in [-0.2, -0.15) is 0 Å². The van der Waals surface area contributed by atoms with Gasteiger partial charge in [-0.15, -0.1) is 0 Å². The number of benzene rings is 2. The van der Waals surface area contributed by atoms with Crippen molar-refractivity contribution >= 4 is 17.6 Å². The Morgan fingerprint density at radius 3 is 2.29 bits per heavy atom. The molecule has 1 aliphatic rings. The predicted octanol–water partition coefficient (Wildman–Crippen LogP) is 3.85. The topological polar surface area (TPSA) is 76.1 Å². The number of carbonyl (C=O) groups excluding carboxylic acids is 1. The number of carboxylic acids is 1. The van der Waals surface area contributed by atoms with E-state index in [9.17, 15) is 9.59 Å². The Balaban J connectivity index is 1.53. The molecule has 6 nitrogen and oxygen atoms in total. The van der Waals surface area contributed by atoms with Crippen LogP contribution in [-0.2, 0) is 4.79 Å². The molecule has 0 aliphatic carbocycles. The van der Waals surface area contributed by atoms with Crippen LogP contribution in [0.3, 0.4) is 0 Å². The minimum Gasteiger partial charge on any atom is -0.493 e. The van der Waals surface area contributed by atoms with Gasteiger partial charge in [-0.25, -0.2) is 4.79 Å². The first-order chi connectivity index (χ1) is 13.4. The van der Waals surface area contributed by atoms with Gasteiger partial charge in [0.05, 0.1) is 18.8 Å². The van der Waals surface area contributed by atoms with Crippen LogP contribution in [0.4, 0.5) is 5.69 Å². The van der Waals surface area contributed by atoms with Gasteiger partial charge in [0.1, 0.15) is 11.5 Å². The number of anilines is 1. The Kier molecular flexibility index (Phi) is 6.19. The fraction of sp³-hybridized carbons (Fsp3) is 0.364. The van der Waals surface area contributed by atoms with Gasteiger partial charge in [-0.1, -0.05) is 13.8 Å². The summed E-state index contributed by atoms with van der Waals surface area (Å²) < 4.78 is 11.4. The molecule has 1 aliphatic heterocycles. The van der Waals surface area contributed by atoms with Gasteiger partial charge in [0.2, 0.25) is 5.91 Å². The first-order valence-corrected chi connectivity index (χ1v) is 9.41. The van der Waals surface area contributed by atoms with E-state index in [1.54, 1.807) is 17.0 Å². The summed E-state index contributed by atoms with van der Waals surface area (Å²) in [6.07, 6.45) is 0.429. The molecular formula is C22H25NO5.